The van der Waals surface area contributed by atoms with Crippen LogP contribution in [0.3, 0.4) is 0 Å². The molecule has 160 valence electrons. The molecular weight excluding hydrogens is 398 g/mol. The van der Waals surface area contributed by atoms with E-state index in [4.69, 9.17) is 0 Å². The van der Waals surface area contributed by atoms with E-state index in [1.165, 1.54) is 5.69 Å². The fourth-order valence-corrected chi connectivity index (χ4v) is 5.87. The molecule has 4 rings (SSSR count). The molecule has 7 heteroatoms. The van der Waals surface area contributed by atoms with Gasteiger partial charge in [-0.05, 0) is 55.2 Å². The van der Waals surface area contributed by atoms with Gasteiger partial charge in [-0.2, -0.15) is 4.31 Å². The number of anilines is 1. The molecule has 2 fully saturated rings. The van der Waals surface area contributed by atoms with Gasteiger partial charge in [-0.25, -0.2) is 8.42 Å². The average Bonchev–Trinajstić information content (AvgIpc) is 2.79. The van der Waals surface area contributed by atoms with E-state index in [0.717, 1.165) is 25.9 Å². The first-order valence-corrected chi connectivity index (χ1v) is 12.1. The number of carbonyl (C=O) groups excluding carboxylic acids is 1. The largest absolute Gasteiger partial charge is 0.368 e. The van der Waals surface area contributed by atoms with E-state index >= 15 is 0 Å². The Morgan fingerprint density at radius 3 is 2.20 bits per heavy atom. The fraction of sp³-hybridized carbons (Fsp3) is 0.435. The van der Waals surface area contributed by atoms with Gasteiger partial charge in [0.15, 0.2) is 0 Å². The standard InChI is InChI=1S/C23H29N3O3S/c1-19-6-5-13-26(18-19)30(28,29)22-11-9-20(10-12-22)23(27)25-16-14-24(15-17-25)21-7-3-2-4-8-21/h2-4,7-12,19H,5-6,13-18H2,1H3. The molecular formula is C23H29N3O3S. The predicted molar refractivity (Wildman–Crippen MR) is 118 cm³/mol. The van der Waals surface area contributed by atoms with Crippen molar-refractivity contribution in [2.45, 2.75) is 24.7 Å². The van der Waals surface area contributed by atoms with Gasteiger partial charge in [-0.15, -0.1) is 0 Å². The second-order valence-corrected chi connectivity index (χ2v) is 10.2. The molecule has 6 nitrogen and oxygen atoms in total. The number of para-hydroxylation sites is 1. The third kappa shape index (κ3) is 4.37. The monoisotopic (exact) mass is 427 g/mol. The number of hydrogen-bond acceptors (Lipinski definition) is 4. The summed E-state index contributed by atoms with van der Waals surface area (Å²) in [5.74, 6) is 0.335. The summed E-state index contributed by atoms with van der Waals surface area (Å²) in [7, 11) is -3.50. The Hall–Kier alpha value is -2.38. The number of rotatable bonds is 4. The number of carbonyl (C=O) groups is 1. The Kier molecular flexibility index (Phi) is 6.11. The highest BCUT2D eigenvalue weighted by atomic mass is 32.2. The number of hydrogen-bond donors (Lipinski definition) is 0. The average molecular weight is 428 g/mol. The number of piperazine rings is 1. The van der Waals surface area contributed by atoms with Crippen LogP contribution in [0.4, 0.5) is 5.69 Å². The Morgan fingerprint density at radius 1 is 0.900 bits per heavy atom. The van der Waals surface area contributed by atoms with E-state index in [9.17, 15) is 13.2 Å². The minimum absolute atomic E-state index is 0.0433. The van der Waals surface area contributed by atoms with Crippen LogP contribution in [0.1, 0.15) is 30.1 Å². The molecule has 2 heterocycles. The second-order valence-electron chi connectivity index (χ2n) is 8.25. The van der Waals surface area contributed by atoms with Crippen molar-refractivity contribution < 1.29 is 13.2 Å². The Labute approximate surface area is 179 Å². The van der Waals surface area contributed by atoms with Gasteiger partial charge in [0.1, 0.15) is 0 Å². The summed E-state index contributed by atoms with van der Waals surface area (Å²) in [6, 6.07) is 16.6. The third-order valence-corrected chi connectivity index (χ3v) is 7.93. The second kappa shape index (κ2) is 8.78. The van der Waals surface area contributed by atoms with Crippen molar-refractivity contribution in [3.8, 4) is 0 Å². The first-order valence-electron chi connectivity index (χ1n) is 10.6. The van der Waals surface area contributed by atoms with Crippen molar-refractivity contribution in [2.24, 2.45) is 5.92 Å². The lowest BCUT2D eigenvalue weighted by Crippen LogP contribution is -2.48. The maximum Gasteiger partial charge on any atom is 0.253 e. The molecule has 2 aromatic rings. The zero-order chi connectivity index (χ0) is 21.1. The molecule has 0 saturated carbocycles. The smallest absolute Gasteiger partial charge is 0.253 e. The van der Waals surface area contributed by atoms with Crippen molar-refractivity contribution >= 4 is 21.6 Å². The van der Waals surface area contributed by atoms with Gasteiger partial charge in [0, 0.05) is 50.5 Å². The van der Waals surface area contributed by atoms with E-state index < -0.39 is 10.0 Å². The predicted octanol–water partition coefficient (Wildman–Crippen LogP) is 3.07. The highest BCUT2D eigenvalue weighted by Gasteiger charge is 2.29. The van der Waals surface area contributed by atoms with E-state index in [-0.39, 0.29) is 10.8 Å². The molecule has 0 radical (unpaired) electrons. The molecule has 0 N–H and O–H groups in total. The van der Waals surface area contributed by atoms with E-state index in [1.807, 2.05) is 23.1 Å². The van der Waals surface area contributed by atoms with Crippen LogP contribution >= 0.6 is 0 Å². The number of piperidine rings is 1. The molecule has 2 saturated heterocycles. The van der Waals surface area contributed by atoms with Crippen LogP contribution in [0, 0.1) is 5.92 Å². The molecule has 1 amide bonds. The summed E-state index contributed by atoms with van der Waals surface area (Å²) in [5.41, 5.74) is 1.71. The molecule has 30 heavy (non-hydrogen) atoms. The SMILES string of the molecule is CC1CCCN(S(=O)(=O)c2ccc(C(=O)N3CCN(c4ccccc4)CC3)cc2)C1. The van der Waals surface area contributed by atoms with Gasteiger partial charge in [-0.1, -0.05) is 25.1 Å². The molecule has 1 atom stereocenters. The first-order chi connectivity index (χ1) is 14.4. The van der Waals surface area contributed by atoms with Crippen molar-refractivity contribution in [2.75, 3.05) is 44.2 Å². The van der Waals surface area contributed by atoms with E-state index in [2.05, 4.69) is 24.0 Å². The van der Waals surface area contributed by atoms with E-state index in [1.54, 1.807) is 28.6 Å². The molecule has 1 unspecified atom stereocenters. The molecule has 2 aromatic carbocycles. The molecule has 0 bridgehead atoms. The van der Waals surface area contributed by atoms with Gasteiger partial charge >= 0.3 is 0 Å². The van der Waals surface area contributed by atoms with Crippen LogP contribution in [0.15, 0.2) is 59.5 Å². The Balaban J connectivity index is 1.40. The molecule has 2 aliphatic heterocycles. The topological polar surface area (TPSA) is 60.9 Å². The highest BCUT2D eigenvalue weighted by Crippen LogP contribution is 2.24. The summed E-state index contributed by atoms with van der Waals surface area (Å²) >= 11 is 0. The first kappa shape index (κ1) is 20.9. The zero-order valence-electron chi connectivity index (χ0n) is 17.4. The minimum Gasteiger partial charge on any atom is -0.368 e. The van der Waals surface area contributed by atoms with Crippen LogP contribution in [-0.4, -0.2) is 62.8 Å². The van der Waals surface area contributed by atoms with Gasteiger partial charge < -0.3 is 9.80 Å². The normalized spacial score (nSPS) is 20.9. The number of sulfonamides is 1. The Morgan fingerprint density at radius 2 is 1.57 bits per heavy atom. The van der Waals surface area contributed by atoms with Crippen LogP contribution in [-0.2, 0) is 10.0 Å². The fourth-order valence-electron chi connectivity index (χ4n) is 4.27. The van der Waals surface area contributed by atoms with Crippen molar-refractivity contribution in [3.63, 3.8) is 0 Å². The molecule has 2 aliphatic rings. The number of benzene rings is 2. The van der Waals surface area contributed by atoms with Gasteiger partial charge in [0.25, 0.3) is 5.91 Å². The van der Waals surface area contributed by atoms with Gasteiger partial charge in [-0.3, -0.25) is 4.79 Å². The maximum absolute atomic E-state index is 12.9. The lowest BCUT2D eigenvalue weighted by Gasteiger charge is -2.36. The highest BCUT2D eigenvalue weighted by molar-refractivity contribution is 7.89. The molecule has 0 aliphatic carbocycles. The van der Waals surface area contributed by atoms with Crippen LogP contribution < -0.4 is 4.90 Å². The maximum atomic E-state index is 12.9. The van der Waals surface area contributed by atoms with Crippen LogP contribution in [0.25, 0.3) is 0 Å². The van der Waals surface area contributed by atoms with Crippen LogP contribution in [0.5, 0.6) is 0 Å². The summed E-state index contributed by atoms with van der Waals surface area (Å²) in [6.45, 7) is 6.10. The minimum atomic E-state index is -3.50. The quantitative estimate of drug-likeness (QED) is 0.752. The third-order valence-electron chi connectivity index (χ3n) is 6.05. The summed E-state index contributed by atoms with van der Waals surface area (Å²) in [4.78, 5) is 17.3. The van der Waals surface area contributed by atoms with Crippen molar-refractivity contribution in [1.82, 2.24) is 9.21 Å². The van der Waals surface area contributed by atoms with Crippen molar-refractivity contribution in [3.05, 3.63) is 60.2 Å². The summed E-state index contributed by atoms with van der Waals surface area (Å²) < 4.78 is 27.4. The van der Waals surface area contributed by atoms with E-state index in [0.29, 0.717) is 37.7 Å². The molecule has 0 aromatic heterocycles. The lowest BCUT2D eigenvalue weighted by molar-refractivity contribution is 0.0746. The molecule has 0 spiro atoms. The Bertz CT molecular complexity index is 969. The summed E-state index contributed by atoms with van der Waals surface area (Å²) in [6.07, 6.45) is 1.96. The van der Waals surface area contributed by atoms with Gasteiger partial charge in [0.05, 0.1) is 4.90 Å². The zero-order valence-corrected chi connectivity index (χ0v) is 18.2. The van der Waals surface area contributed by atoms with Crippen LogP contribution in [0.2, 0.25) is 0 Å². The van der Waals surface area contributed by atoms with Crippen molar-refractivity contribution in [1.29, 1.82) is 0 Å². The number of amides is 1. The lowest BCUT2D eigenvalue weighted by atomic mass is 10.0. The summed E-state index contributed by atoms with van der Waals surface area (Å²) in [5, 5.41) is 0. The van der Waals surface area contributed by atoms with Gasteiger partial charge in [0.2, 0.25) is 10.0 Å². The number of nitrogens with zero attached hydrogens (tertiary/aromatic N) is 3.